The van der Waals surface area contributed by atoms with Crippen LogP contribution in [0.3, 0.4) is 0 Å². The van der Waals surface area contributed by atoms with Gasteiger partial charge >= 0.3 is 36.4 Å². The van der Waals surface area contributed by atoms with Gasteiger partial charge in [0.1, 0.15) is 5.84 Å². The van der Waals surface area contributed by atoms with Crippen LogP contribution in [0.1, 0.15) is 30.4 Å². The topological polar surface area (TPSA) is 197 Å². The van der Waals surface area contributed by atoms with Gasteiger partial charge in [-0.2, -0.15) is 39.5 Å². The second kappa shape index (κ2) is 20.1. The maximum absolute atomic E-state index is 12.3. The Hall–Kier alpha value is -4.14. The van der Waals surface area contributed by atoms with Crippen LogP contribution in [-0.2, 0) is 25.6 Å². The number of likely N-dealkylation sites (tertiary alicyclic amines) is 1. The third-order valence-corrected chi connectivity index (χ3v) is 5.24. The molecule has 12 nitrogen and oxygen atoms in total. The molecule has 0 bridgehead atoms. The molecule has 0 spiro atoms. The Balaban J connectivity index is 0. The van der Waals surface area contributed by atoms with Crippen molar-refractivity contribution in [3.63, 3.8) is 0 Å². The Kier molecular flexibility index (Phi) is 19.2. The lowest BCUT2D eigenvalue weighted by Crippen LogP contribution is -2.43. The number of carbonyl (C=O) groups is 4. The highest BCUT2D eigenvalue weighted by Gasteiger charge is 2.39. The second-order valence-corrected chi connectivity index (χ2v) is 9.41. The molecule has 1 saturated heterocycles. The first kappa shape index (κ1) is 44.0. The zero-order valence-electron chi connectivity index (χ0n) is 24.4. The molecule has 1 aromatic rings. The number of aliphatic carboxylic acids is 3. The van der Waals surface area contributed by atoms with E-state index in [4.69, 9.17) is 40.8 Å². The van der Waals surface area contributed by atoms with E-state index in [9.17, 15) is 44.3 Å². The van der Waals surface area contributed by atoms with Crippen LogP contribution in [0.25, 0.3) is 0 Å². The SMILES string of the molecule is CN(C)CCCNC(=N)c1ccc(CC(N)C(=O)N2CCCC2)cc1.O=C(O)C(F)(F)F.O=C(O)C(F)(F)F.O=C(O)C(F)(F)F. The lowest BCUT2D eigenvalue weighted by Gasteiger charge is -2.20. The van der Waals surface area contributed by atoms with Gasteiger partial charge in [-0.05, 0) is 51.9 Å². The number of hydrogen-bond acceptors (Lipinski definition) is 7. The highest BCUT2D eigenvalue weighted by atomic mass is 19.4. The van der Waals surface area contributed by atoms with Gasteiger partial charge in [0.2, 0.25) is 5.91 Å². The summed E-state index contributed by atoms with van der Waals surface area (Å²) in [7, 11) is 4.09. The Bertz CT molecular complexity index is 1060. The van der Waals surface area contributed by atoms with E-state index in [2.05, 4.69) is 10.2 Å². The Morgan fingerprint density at radius 3 is 1.54 bits per heavy atom. The number of nitrogens with zero attached hydrogens (tertiary/aromatic N) is 2. The van der Waals surface area contributed by atoms with E-state index in [1.165, 1.54) is 0 Å². The molecule has 1 unspecified atom stereocenters. The average Bonchev–Trinajstić information content (AvgIpc) is 3.45. The van der Waals surface area contributed by atoms with Crippen molar-refractivity contribution in [3.8, 4) is 0 Å². The van der Waals surface area contributed by atoms with Gasteiger partial charge in [-0.15, -0.1) is 0 Å². The van der Waals surface area contributed by atoms with Gasteiger partial charge in [0, 0.05) is 25.2 Å². The van der Waals surface area contributed by atoms with Crippen LogP contribution in [0.5, 0.6) is 0 Å². The molecule has 0 aliphatic carbocycles. The lowest BCUT2D eigenvalue weighted by atomic mass is 10.0. The Morgan fingerprint density at radius 1 is 0.848 bits per heavy atom. The number of hydrogen-bond donors (Lipinski definition) is 6. The van der Waals surface area contributed by atoms with Crippen LogP contribution in [-0.4, -0.2) is 120 Å². The number of nitrogens with one attached hydrogen (secondary N) is 2. The van der Waals surface area contributed by atoms with E-state index in [-0.39, 0.29) is 5.91 Å². The van der Waals surface area contributed by atoms with Gasteiger partial charge in [-0.1, -0.05) is 24.3 Å². The lowest BCUT2D eigenvalue weighted by molar-refractivity contribution is -0.193. The number of carboxylic acid groups (broad SMARTS) is 3. The minimum absolute atomic E-state index is 0.0527. The summed E-state index contributed by atoms with van der Waals surface area (Å²) in [5.74, 6) is -7.79. The van der Waals surface area contributed by atoms with Crippen molar-refractivity contribution in [1.82, 2.24) is 15.1 Å². The fourth-order valence-electron chi connectivity index (χ4n) is 3.03. The van der Waals surface area contributed by atoms with Crippen LogP contribution in [0, 0.1) is 5.41 Å². The van der Waals surface area contributed by atoms with E-state index in [0.29, 0.717) is 12.3 Å². The normalized spacial score (nSPS) is 13.5. The van der Waals surface area contributed by atoms with Crippen molar-refractivity contribution in [1.29, 1.82) is 5.41 Å². The van der Waals surface area contributed by atoms with E-state index < -0.39 is 42.5 Å². The van der Waals surface area contributed by atoms with E-state index in [0.717, 1.165) is 56.6 Å². The molecule has 264 valence electrons. The van der Waals surface area contributed by atoms with Gasteiger partial charge in [0.15, 0.2) is 0 Å². The fraction of sp³-hybridized carbons (Fsp3) is 0.560. The maximum Gasteiger partial charge on any atom is 0.490 e. The van der Waals surface area contributed by atoms with Crippen LogP contribution < -0.4 is 11.1 Å². The molecular formula is C25H34F9N5O7. The summed E-state index contributed by atoms with van der Waals surface area (Å²) >= 11 is 0. The molecule has 1 aromatic carbocycles. The van der Waals surface area contributed by atoms with Crippen LogP contribution >= 0.6 is 0 Å². The number of carboxylic acids is 3. The summed E-state index contributed by atoms with van der Waals surface area (Å²) in [4.78, 5) is 43.0. The summed E-state index contributed by atoms with van der Waals surface area (Å²) in [6.07, 6.45) is -11.5. The molecule has 0 radical (unpaired) electrons. The molecular weight excluding hydrogens is 653 g/mol. The minimum Gasteiger partial charge on any atom is -0.475 e. The van der Waals surface area contributed by atoms with Gasteiger partial charge in [-0.3, -0.25) is 10.2 Å². The van der Waals surface area contributed by atoms with Gasteiger partial charge in [-0.25, -0.2) is 14.4 Å². The number of nitrogens with two attached hydrogens (primary N) is 1. The van der Waals surface area contributed by atoms with Crippen molar-refractivity contribution >= 4 is 29.7 Å². The number of amidine groups is 1. The maximum atomic E-state index is 12.3. The predicted octanol–water partition coefficient (Wildman–Crippen LogP) is 2.95. The van der Waals surface area contributed by atoms with Crippen LogP contribution in [0.4, 0.5) is 39.5 Å². The summed E-state index contributed by atoms with van der Waals surface area (Å²) in [6.45, 7) is 3.46. The highest BCUT2D eigenvalue weighted by Crippen LogP contribution is 2.15. The molecule has 0 saturated carbocycles. The van der Waals surface area contributed by atoms with Crippen molar-refractivity contribution in [2.45, 2.75) is 50.3 Å². The third kappa shape index (κ3) is 20.7. The van der Waals surface area contributed by atoms with Gasteiger partial charge in [0.25, 0.3) is 0 Å². The van der Waals surface area contributed by atoms with Crippen molar-refractivity contribution in [2.75, 3.05) is 40.3 Å². The van der Waals surface area contributed by atoms with E-state index in [1.54, 1.807) is 0 Å². The first-order valence-corrected chi connectivity index (χ1v) is 12.8. The molecule has 1 aliphatic rings. The largest absolute Gasteiger partial charge is 0.490 e. The van der Waals surface area contributed by atoms with E-state index >= 15 is 0 Å². The smallest absolute Gasteiger partial charge is 0.475 e. The van der Waals surface area contributed by atoms with Crippen LogP contribution in [0.2, 0.25) is 0 Å². The molecule has 46 heavy (non-hydrogen) atoms. The zero-order chi connectivity index (χ0) is 36.5. The Labute approximate surface area is 256 Å². The van der Waals surface area contributed by atoms with Crippen molar-refractivity contribution < 1.29 is 74.0 Å². The summed E-state index contributed by atoms with van der Waals surface area (Å²) < 4.78 is 95.2. The first-order valence-electron chi connectivity index (χ1n) is 12.8. The summed E-state index contributed by atoms with van der Waals surface area (Å²) in [5.41, 5.74) is 7.97. The number of amides is 1. The number of rotatable bonds is 8. The molecule has 1 aliphatic heterocycles. The minimum atomic E-state index is -5.08. The highest BCUT2D eigenvalue weighted by molar-refractivity contribution is 5.96. The van der Waals surface area contributed by atoms with Gasteiger partial charge in [0.05, 0.1) is 6.04 Å². The molecule has 1 amide bonds. The quantitative estimate of drug-likeness (QED) is 0.102. The van der Waals surface area contributed by atoms with Crippen molar-refractivity contribution in [2.24, 2.45) is 5.73 Å². The predicted molar refractivity (Wildman–Crippen MR) is 143 cm³/mol. The number of benzene rings is 1. The van der Waals surface area contributed by atoms with Crippen molar-refractivity contribution in [3.05, 3.63) is 35.4 Å². The second-order valence-electron chi connectivity index (χ2n) is 9.41. The van der Waals surface area contributed by atoms with E-state index in [1.807, 2.05) is 43.3 Å². The van der Waals surface area contributed by atoms with Gasteiger partial charge < -0.3 is 36.2 Å². The molecule has 0 aromatic heterocycles. The number of alkyl halides is 9. The molecule has 1 heterocycles. The number of carbonyl (C=O) groups excluding carboxylic acids is 1. The average molecular weight is 688 g/mol. The summed E-state index contributed by atoms with van der Waals surface area (Å²) in [5, 5.41) is 32.6. The fourth-order valence-corrected chi connectivity index (χ4v) is 3.03. The molecule has 1 atom stereocenters. The first-order chi connectivity index (χ1) is 20.8. The Morgan fingerprint density at radius 2 is 1.22 bits per heavy atom. The molecule has 21 heteroatoms. The zero-order valence-corrected chi connectivity index (χ0v) is 24.4. The monoisotopic (exact) mass is 687 g/mol. The van der Waals surface area contributed by atoms with Crippen LogP contribution in [0.15, 0.2) is 24.3 Å². The standard InChI is InChI=1S/C19H31N5O.3C2HF3O2/c1-23(2)11-5-10-22-18(21)16-8-6-15(7-9-16)14-17(20)19(25)24-12-3-4-13-24;3*3-2(4,5)1(6)7/h6-9,17H,3-5,10-14,20H2,1-2H3,(H2,21,22);3*(H,6,7). The summed E-state index contributed by atoms with van der Waals surface area (Å²) in [6, 6.07) is 7.28. The molecule has 2 rings (SSSR count). The third-order valence-electron chi connectivity index (χ3n) is 5.24. The molecule has 1 fully saturated rings. The number of halogens is 9. The molecule has 7 N–H and O–H groups in total.